The van der Waals surface area contributed by atoms with Gasteiger partial charge in [0.2, 0.25) is 0 Å². The Labute approximate surface area is 99.8 Å². The maximum atomic E-state index is 11.4. The fourth-order valence-corrected chi connectivity index (χ4v) is 1.36. The van der Waals surface area contributed by atoms with Gasteiger partial charge in [-0.15, -0.1) is 0 Å². The first-order chi connectivity index (χ1) is 8.13. The van der Waals surface area contributed by atoms with E-state index in [9.17, 15) is 9.59 Å². The number of carboxylic acids is 1. The number of urea groups is 1. The van der Waals surface area contributed by atoms with Gasteiger partial charge in [0.15, 0.2) is 0 Å². The van der Waals surface area contributed by atoms with E-state index in [0.717, 1.165) is 6.42 Å². The highest BCUT2D eigenvalue weighted by Crippen LogP contribution is 2.15. The molecular formula is C12H16N2O3. The molecule has 5 nitrogen and oxygen atoms in total. The van der Waals surface area contributed by atoms with Crippen LogP contribution in [0, 0.1) is 0 Å². The van der Waals surface area contributed by atoms with E-state index in [1.807, 2.05) is 6.92 Å². The first-order valence-corrected chi connectivity index (χ1v) is 5.48. The average Bonchev–Trinajstić information content (AvgIpc) is 2.28. The maximum Gasteiger partial charge on any atom is 0.319 e. The Balaban J connectivity index is 2.69. The number of para-hydroxylation sites is 1. The minimum Gasteiger partial charge on any atom is -0.481 e. The number of rotatable bonds is 5. The van der Waals surface area contributed by atoms with E-state index in [2.05, 4.69) is 10.6 Å². The van der Waals surface area contributed by atoms with E-state index in [4.69, 9.17) is 5.11 Å². The van der Waals surface area contributed by atoms with Crippen molar-refractivity contribution in [2.24, 2.45) is 0 Å². The van der Waals surface area contributed by atoms with Crippen molar-refractivity contribution in [3.63, 3.8) is 0 Å². The zero-order valence-electron chi connectivity index (χ0n) is 9.69. The molecule has 0 unspecified atom stereocenters. The van der Waals surface area contributed by atoms with Gasteiger partial charge in [-0.05, 0) is 18.1 Å². The molecule has 0 bridgehead atoms. The molecule has 1 aromatic rings. The van der Waals surface area contributed by atoms with Gasteiger partial charge in [0.1, 0.15) is 0 Å². The van der Waals surface area contributed by atoms with Crippen LogP contribution in [-0.2, 0) is 11.2 Å². The number of hydrogen-bond donors (Lipinski definition) is 3. The Morgan fingerprint density at radius 1 is 1.29 bits per heavy atom. The third kappa shape index (κ3) is 4.55. The number of hydrogen-bond acceptors (Lipinski definition) is 2. The van der Waals surface area contributed by atoms with E-state index >= 15 is 0 Å². The van der Waals surface area contributed by atoms with Gasteiger partial charge in [0.25, 0.3) is 0 Å². The predicted octanol–water partition coefficient (Wildman–Crippen LogP) is 1.85. The highest BCUT2D eigenvalue weighted by molar-refractivity contribution is 5.90. The summed E-state index contributed by atoms with van der Waals surface area (Å²) in [5.41, 5.74) is 1.12. The molecule has 1 rings (SSSR count). The predicted molar refractivity (Wildman–Crippen MR) is 65.1 cm³/mol. The molecule has 92 valence electrons. The van der Waals surface area contributed by atoms with Crippen molar-refractivity contribution >= 4 is 17.7 Å². The molecule has 5 heteroatoms. The van der Waals surface area contributed by atoms with Crippen LogP contribution in [0.15, 0.2) is 24.3 Å². The summed E-state index contributed by atoms with van der Waals surface area (Å²) in [5, 5.41) is 14.0. The number of nitrogens with one attached hydrogen (secondary N) is 2. The Morgan fingerprint density at radius 3 is 2.65 bits per heavy atom. The summed E-state index contributed by atoms with van der Waals surface area (Å²) in [6.07, 6.45) is 0.744. The fraction of sp³-hybridized carbons (Fsp3) is 0.333. The van der Waals surface area contributed by atoms with E-state index < -0.39 is 5.97 Å². The normalized spacial score (nSPS) is 9.71. The fourth-order valence-electron chi connectivity index (χ4n) is 1.36. The lowest BCUT2D eigenvalue weighted by atomic mass is 10.1. The van der Waals surface area contributed by atoms with Gasteiger partial charge in [-0.25, -0.2) is 4.79 Å². The second kappa shape index (κ2) is 6.52. The summed E-state index contributed by atoms with van der Waals surface area (Å²) in [6, 6.07) is 6.55. The largest absolute Gasteiger partial charge is 0.481 e. The molecular weight excluding hydrogens is 220 g/mol. The summed E-state index contributed by atoms with van der Waals surface area (Å²) in [6.45, 7) is 2.55. The summed E-state index contributed by atoms with van der Waals surface area (Å²) >= 11 is 0. The molecule has 0 saturated heterocycles. The van der Waals surface area contributed by atoms with Gasteiger partial charge in [-0.1, -0.05) is 25.1 Å². The summed E-state index contributed by atoms with van der Waals surface area (Å²) in [5.74, 6) is -0.923. The van der Waals surface area contributed by atoms with E-state index in [1.54, 1.807) is 24.3 Å². The van der Waals surface area contributed by atoms with E-state index in [-0.39, 0.29) is 12.5 Å². The Hall–Kier alpha value is -2.04. The summed E-state index contributed by atoms with van der Waals surface area (Å²) < 4.78 is 0. The van der Waals surface area contributed by atoms with Crippen molar-refractivity contribution in [3.05, 3.63) is 29.8 Å². The molecule has 0 radical (unpaired) electrons. The smallest absolute Gasteiger partial charge is 0.319 e. The molecule has 0 aliphatic heterocycles. The number of amides is 2. The van der Waals surface area contributed by atoms with Crippen LogP contribution in [0.4, 0.5) is 10.5 Å². The number of benzene rings is 1. The van der Waals surface area contributed by atoms with Crippen LogP contribution in [0.5, 0.6) is 0 Å². The van der Waals surface area contributed by atoms with Gasteiger partial charge in [0, 0.05) is 12.2 Å². The third-order valence-corrected chi connectivity index (χ3v) is 2.14. The molecule has 0 aliphatic carbocycles. The molecule has 1 aromatic carbocycles. The average molecular weight is 236 g/mol. The molecule has 0 spiro atoms. The van der Waals surface area contributed by atoms with Gasteiger partial charge in [-0.3, -0.25) is 4.79 Å². The Morgan fingerprint density at radius 2 is 2.00 bits per heavy atom. The first-order valence-electron chi connectivity index (χ1n) is 5.48. The lowest BCUT2D eigenvalue weighted by Gasteiger charge is -2.10. The number of carbonyl (C=O) groups is 2. The van der Waals surface area contributed by atoms with Crippen LogP contribution in [0.3, 0.4) is 0 Å². The topological polar surface area (TPSA) is 78.4 Å². The van der Waals surface area contributed by atoms with Crippen LogP contribution < -0.4 is 10.6 Å². The Kier molecular flexibility index (Phi) is 5.00. The van der Waals surface area contributed by atoms with Crippen LogP contribution in [0.1, 0.15) is 18.9 Å². The number of carboxylic acid groups (broad SMARTS) is 1. The highest BCUT2D eigenvalue weighted by atomic mass is 16.4. The lowest BCUT2D eigenvalue weighted by Crippen LogP contribution is -2.29. The lowest BCUT2D eigenvalue weighted by molar-refractivity contribution is -0.136. The van der Waals surface area contributed by atoms with Crippen molar-refractivity contribution < 1.29 is 14.7 Å². The number of carbonyl (C=O) groups excluding carboxylic acids is 1. The van der Waals surface area contributed by atoms with Crippen molar-refractivity contribution in [2.75, 3.05) is 11.9 Å². The second-order valence-electron chi connectivity index (χ2n) is 3.61. The molecule has 0 aliphatic rings. The number of anilines is 1. The quantitative estimate of drug-likeness (QED) is 0.730. The molecule has 0 fully saturated rings. The van der Waals surface area contributed by atoms with Crippen LogP contribution in [0.2, 0.25) is 0 Å². The maximum absolute atomic E-state index is 11.4. The van der Waals surface area contributed by atoms with Gasteiger partial charge < -0.3 is 15.7 Å². The van der Waals surface area contributed by atoms with Crippen LogP contribution >= 0.6 is 0 Å². The molecule has 0 heterocycles. The zero-order valence-corrected chi connectivity index (χ0v) is 9.69. The van der Waals surface area contributed by atoms with Gasteiger partial charge in [0.05, 0.1) is 6.42 Å². The highest BCUT2D eigenvalue weighted by Gasteiger charge is 2.08. The molecule has 3 N–H and O–H groups in total. The Bertz CT molecular complexity index is 404. The van der Waals surface area contributed by atoms with E-state index in [0.29, 0.717) is 17.8 Å². The summed E-state index contributed by atoms with van der Waals surface area (Å²) in [7, 11) is 0. The van der Waals surface area contributed by atoms with Gasteiger partial charge >= 0.3 is 12.0 Å². The first kappa shape index (κ1) is 13.0. The molecule has 0 aromatic heterocycles. The van der Waals surface area contributed by atoms with Crippen LogP contribution in [0.25, 0.3) is 0 Å². The minimum atomic E-state index is -0.923. The van der Waals surface area contributed by atoms with Gasteiger partial charge in [-0.2, -0.15) is 0 Å². The SMILES string of the molecule is CCCNC(=O)Nc1ccccc1CC(=O)O. The van der Waals surface area contributed by atoms with Crippen molar-refractivity contribution in [1.82, 2.24) is 5.32 Å². The molecule has 0 atom stereocenters. The van der Waals surface area contributed by atoms with Crippen molar-refractivity contribution in [3.8, 4) is 0 Å². The van der Waals surface area contributed by atoms with Crippen molar-refractivity contribution in [1.29, 1.82) is 0 Å². The standard InChI is InChI=1S/C12H16N2O3/c1-2-7-13-12(17)14-10-6-4-3-5-9(10)8-11(15)16/h3-6H,2,7-8H2,1H3,(H,15,16)(H2,13,14,17). The van der Waals surface area contributed by atoms with Crippen LogP contribution in [-0.4, -0.2) is 23.7 Å². The zero-order chi connectivity index (χ0) is 12.7. The monoisotopic (exact) mass is 236 g/mol. The molecule has 17 heavy (non-hydrogen) atoms. The third-order valence-electron chi connectivity index (χ3n) is 2.14. The second-order valence-corrected chi connectivity index (χ2v) is 3.61. The minimum absolute atomic E-state index is 0.107. The molecule has 2 amide bonds. The summed E-state index contributed by atoms with van der Waals surface area (Å²) in [4.78, 5) is 22.1. The van der Waals surface area contributed by atoms with Crippen molar-refractivity contribution in [2.45, 2.75) is 19.8 Å². The molecule has 0 saturated carbocycles. The number of aliphatic carboxylic acids is 1. The van der Waals surface area contributed by atoms with E-state index in [1.165, 1.54) is 0 Å².